The summed E-state index contributed by atoms with van der Waals surface area (Å²) in [5.41, 5.74) is 2.14. The molecule has 0 atom stereocenters. The number of rotatable bonds is 9. The molecule has 0 aliphatic rings. The van der Waals surface area contributed by atoms with Crippen molar-refractivity contribution in [3.05, 3.63) is 48.5 Å². The Morgan fingerprint density at radius 1 is 0.960 bits per heavy atom. The number of nitrogens with zero attached hydrogens (tertiary/aromatic N) is 2. The number of hydrogen-bond donors (Lipinski definition) is 0. The van der Waals surface area contributed by atoms with Crippen LogP contribution in [0.5, 0.6) is 11.5 Å². The number of aromatic nitrogens is 2. The fourth-order valence-electron chi connectivity index (χ4n) is 2.58. The van der Waals surface area contributed by atoms with E-state index in [2.05, 4.69) is 10.6 Å². The summed E-state index contributed by atoms with van der Waals surface area (Å²) < 4.78 is 18.6. The maximum atomic E-state index is 5.84. The molecule has 0 unspecified atom stereocenters. The predicted octanol–water partition coefficient (Wildman–Crippen LogP) is 3.86. The third-order valence-corrected chi connectivity index (χ3v) is 4.72. The van der Waals surface area contributed by atoms with Gasteiger partial charge in [-0.3, -0.25) is 0 Å². The number of imidazole rings is 1. The van der Waals surface area contributed by atoms with Gasteiger partial charge in [-0.2, -0.15) is 0 Å². The zero-order valence-corrected chi connectivity index (χ0v) is 15.3. The molecule has 0 aliphatic heterocycles. The van der Waals surface area contributed by atoms with Crippen molar-refractivity contribution in [2.75, 3.05) is 33.2 Å². The van der Waals surface area contributed by atoms with E-state index >= 15 is 0 Å². The van der Waals surface area contributed by atoms with Crippen molar-refractivity contribution < 1.29 is 14.2 Å². The van der Waals surface area contributed by atoms with Crippen molar-refractivity contribution in [1.29, 1.82) is 0 Å². The van der Waals surface area contributed by atoms with Crippen molar-refractivity contribution in [3.63, 3.8) is 0 Å². The van der Waals surface area contributed by atoms with E-state index in [-0.39, 0.29) is 0 Å². The summed E-state index contributed by atoms with van der Waals surface area (Å²) in [5.74, 6) is 2.31. The van der Waals surface area contributed by atoms with Crippen LogP contribution in [0.4, 0.5) is 0 Å². The number of benzene rings is 2. The first kappa shape index (κ1) is 17.6. The summed E-state index contributed by atoms with van der Waals surface area (Å²) >= 11 is 1.69. The van der Waals surface area contributed by atoms with Gasteiger partial charge in [-0.25, -0.2) is 4.98 Å². The van der Waals surface area contributed by atoms with Crippen molar-refractivity contribution in [1.82, 2.24) is 9.55 Å². The van der Waals surface area contributed by atoms with Gasteiger partial charge in [0.25, 0.3) is 0 Å². The monoisotopic (exact) mass is 358 g/mol. The fraction of sp³-hybridized carbons (Fsp3) is 0.316. The molecular formula is C19H22N2O3S. The standard InChI is InChI=1S/C19H22N2O3S/c1-22-12-11-21-16-8-4-3-7-15(16)20-19(21)25-14-13-24-18-10-6-5-9-17(18)23-2/h3-10H,11-14H2,1-2H3. The summed E-state index contributed by atoms with van der Waals surface area (Å²) in [4.78, 5) is 4.73. The third-order valence-electron chi connectivity index (χ3n) is 3.78. The topological polar surface area (TPSA) is 45.5 Å². The van der Waals surface area contributed by atoms with Gasteiger partial charge in [-0.15, -0.1) is 0 Å². The van der Waals surface area contributed by atoms with E-state index in [1.54, 1.807) is 26.0 Å². The molecule has 0 saturated carbocycles. The van der Waals surface area contributed by atoms with Crippen LogP contribution in [0.3, 0.4) is 0 Å². The molecule has 0 N–H and O–H groups in total. The number of methoxy groups -OCH3 is 2. The molecule has 132 valence electrons. The lowest BCUT2D eigenvalue weighted by Gasteiger charge is -2.11. The Hall–Kier alpha value is -2.18. The normalized spacial score (nSPS) is 11.0. The van der Waals surface area contributed by atoms with Crippen molar-refractivity contribution >= 4 is 22.8 Å². The van der Waals surface area contributed by atoms with Crippen molar-refractivity contribution in [2.24, 2.45) is 0 Å². The molecule has 5 nitrogen and oxygen atoms in total. The molecule has 0 bridgehead atoms. The average Bonchev–Trinajstić information content (AvgIpc) is 3.01. The van der Waals surface area contributed by atoms with Gasteiger partial charge in [0, 0.05) is 19.4 Å². The lowest BCUT2D eigenvalue weighted by Crippen LogP contribution is -2.07. The van der Waals surface area contributed by atoms with E-state index in [1.807, 2.05) is 42.5 Å². The van der Waals surface area contributed by atoms with Gasteiger partial charge >= 0.3 is 0 Å². The lowest BCUT2D eigenvalue weighted by molar-refractivity contribution is 0.186. The Morgan fingerprint density at radius 2 is 1.72 bits per heavy atom. The van der Waals surface area contributed by atoms with Gasteiger partial charge in [0.1, 0.15) is 0 Å². The van der Waals surface area contributed by atoms with Crippen LogP contribution in [0.2, 0.25) is 0 Å². The molecule has 6 heteroatoms. The second kappa shape index (κ2) is 8.78. The van der Waals surface area contributed by atoms with Crippen LogP contribution in [0.1, 0.15) is 0 Å². The molecule has 2 aromatic carbocycles. The van der Waals surface area contributed by atoms with Crippen LogP contribution in [-0.2, 0) is 11.3 Å². The molecule has 0 spiro atoms. The zero-order valence-electron chi connectivity index (χ0n) is 14.5. The minimum atomic E-state index is 0.582. The Labute approximate surface area is 151 Å². The highest BCUT2D eigenvalue weighted by Gasteiger charge is 2.11. The van der Waals surface area contributed by atoms with E-state index in [1.165, 1.54) is 0 Å². The quantitative estimate of drug-likeness (QED) is 0.429. The molecule has 0 radical (unpaired) electrons. The molecule has 3 rings (SSSR count). The minimum absolute atomic E-state index is 0.582. The first-order valence-corrected chi connectivity index (χ1v) is 9.15. The Balaban J connectivity index is 1.64. The number of para-hydroxylation sites is 4. The van der Waals surface area contributed by atoms with Gasteiger partial charge in [0.15, 0.2) is 16.7 Å². The van der Waals surface area contributed by atoms with E-state index in [0.717, 1.165) is 40.0 Å². The first-order chi connectivity index (χ1) is 12.3. The van der Waals surface area contributed by atoms with Gasteiger partial charge in [-0.05, 0) is 24.3 Å². The molecule has 0 saturated heterocycles. The van der Waals surface area contributed by atoms with Gasteiger partial charge in [0.05, 0.1) is 31.4 Å². The van der Waals surface area contributed by atoms with Crippen LogP contribution in [0.15, 0.2) is 53.7 Å². The molecule has 1 heterocycles. The Morgan fingerprint density at radius 3 is 2.52 bits per heavy atom. The van der Waals surface area contributed by atoms with Crippen LogP contribution in [-0.4, -0.2) is 42.7 Å². The van der Waals surface area contributed by atoms with E-state index in [9.17, 15) is 0 Å². The summed E-state index contributed by atoms with van der Waals surface area (Å²) in [7, 11) is 3.36. The lowest BCUT2D eigenvalue weighted by atomic mass is 10.3. The summed E-state index contributed by atoms with van der Waals surface area (Å²) in [6, 6.07) is 15.8. The number of ether oxygens (including phenoxy) is 3. The number of thioether (sulfide) groups is 1. The largest absolute Gasteiger partial charge is 0.493 e. The van der Waals surface area contributed by atoms with Crippen molar-refractivity contribution in [2.45, 2.75) is 11.7 Å². The first-order valence-electron chi connectivity index (χ1n) is 8.16. The Kier molecular flexibility index (Phi) is 6.19. The SMILES string of the molecule is COCCn1c(SCCOc2ccccc2OC)nc2ccccc21. The molecule has 25 heavy (non-hydrogen) atoms. The summed E-state index contributed by atoms with van der Waals surface area (Å²) in [6.45, 7) is 2.02. The minimum Gasteiger partial charge on any atom is -0.493 e. The van der Waals surface area contributed by atoms with Gasteiger partial charge in [0.2, 0.25) is 0 Å². The highest BCUT2D eigenvalue weighted by Crippen LogP contribution is 2.27. The fourth-order valence-corrected chi connectivity index (χ4v) is 3.44. The second-order valence-electron chi connectivity index (χ2n) is 5.38. The maximum absolute atomic E-state index is 5.84. The van der Waals surface area contributed by atoms with E-state index < -0.39 is 0 Å². The van der Waals surface area contributed by atoms with E-state index in [4.69, 9.17) is 19.2 Å². The molecule has 3 aromatic rings. The highest BCUT2D eigenvalue weighted by molar-refractivity contribution is 7.99. The molecular weight excluding hydrogens is 336 g/mol. The number of fused-ring (bicyclic) bond motifs is 1. The predicted molar refractivity (Wildman–Crippen MR) is 101 cm³/mol. The van der Waals surface area contributed by atoms with E-state index in [0.29, 0.717) is 13.2 Å². The summed E-state index contributed by atoms with van der Waals surface area (Å²) in [6.07, 6.45) is 0. The molecule has 0 amide bonds. The van der Waals surface area contributed by atoms with Crippen LogP contribution in [0, 0.1) is 0 Å². The summed E-state index contributed by atoms with van der Waals surface area (Å²) in [5, 5.41) is 0.988. The molecule has 0 fully saturated rings. The van der Waals surface area contributed by atoms with Crippen LogP contribution < -0.4 is 9.47 Å². The molecule has 0 aliphatic carbocycles. The Bertz CT molecular complexity index is 819. The number of hydrogen-bond acceptors (Lipinski definition) is 5. The van der Waals surface area contributed by atoms with Crippen molar-refractivity contribution in [3.8, 4) is 11.5 Å². The van der Waals surface area contributed by atoms with Crippen LogP contribution in [0.25, 0.3) is 11.0 Å². The van der Waals surface area contributed by atoms with Gasteiger partial charge in [-0.1, -0.05) is 36.0 Å². The van der Waals surface area contributed by atoms with Gasteiger partial charge < -0.3 is 18.8 Å². The second-order valence-corrected chi connectivity index (χ2v) is 6.44. The zero-order chi connectivity index (χ0) is 17.5. The maximum Gasteiger partial charge on any atom is 0.169 e. The smallest absolute Gasteiger partial charge is 0.169 e. The third kappa shape index (κ3) is 4.27. The van der Waals surface area contributed by atoms with Crippen LogP contribution >= 0.6 is 11.8 Å². The highest BCUT2D eigenvalue weighted by atomic mass is 32.2. The molecule has 1 aromatic heterocycles. The average molecular weight is 358 g/mol.